The van der Waals surface area contributed by atoms with Crippen LogP contribution in [0.3, 0.4) is 0 Å². The molecule has 0 N–H and O–H groups in total. The molecule has 142 valence electrons. The summed E-state index contributed by atoms with van der Waals surface area (Å²) in [6, 6.07) is 5.98. The van der Waals surface area contributed by atoms with Crippen LogP contribution in [0.25, 0.3) is 0 Å². The second kappa shape index (κ2) is 6.96. The molecule has 0 aliphatic carbocycles. The SMILES string of the molecule is COC(C)(C)C(=O)N1CCCC2(C1)CN(c1cccc(F)c1)C(=O)CO2. The first-order valence-electron chi connectivity index (χ1n) is 8.81. The van der Waals surface area contributed by atoms with Crippen molar-refractivity contribution < 1.29 is 23.5 Å². The fraction of sp³-hybridized carbons (Fsp3) is 0.579. The molecular weight excluding hydrogens is 339 g/mol. The monoisotopic (exact) mass is 364 g/mol. The van der Waals surface area contributed by atoms with Crippen LogP contribution in [0.1, 0.15) is 26.7 Å². The molecule has 1 aromatic carbocycles. The molecule has 2 amide bonds. The quantitative estimate of drug-likeness (QED) is 0.823. The first-order valence-corrected chi connectivity index (χ1v) is 8.81. The van der Waals surface area contributed by atoms with E-state index in [4.69, 9.17) is 9.47 Å². The number of carbonyl (C=O) groups is 2. The highest BCUT2D eigenvalue weighted by Crippen LogP contribution is 2.33. The summed E-state index contributed by atoms with van der Waals surface area (Å²) in [6.07, 6.45) is 1.51. The van der Waals surface area contributed by atoms with E-state index in [1.165, 1.54) is 19.2 Å². The molecule has 2 aliphatic heterocycles. The topological polar surface area (TPSA) is 59.1 Å². The van der Waals surface area contributed by atoms with Gasteiger partial charge in [0, 0.05) is 19.3 Å². The van der Waals surface area contributed by atoms with E-state index >= 15 is 0 Å². The minimum absolute atomic E-state index is 0.0772. The maximum absolute atomic E-state index is 13.6. The molecule has 7 heteroatoms. The Morgan fingerprint density at radius 2 is 2.12 bits per heavy atom. The van der Waals surface area contributed by atoms with Gasteiger partial charge in [-0.2, -0.15) is 0 Å². The number of morpholine rings is 1. The number of benzene rings is 1. The summed E-state index contributed by atoms with van der Waals surface area (Å²) in [5, 5.41) is 0. The molecule has 2 heterocycles. The number of halogens is 1. The normalized spacial score (nSPS) is 24.2. The molecule has 26 heavy (non-hydrogen) atoms. The molecule has 1 aromatic rings. The van der Waals surface area contributed by atoms with Crippen molar-refractivity contribution in [3.63, 3.8) is 0 Å². The lowest BCUT2D eigenvalue weighted by molar-refractivity contribution is -0.165. The second-order valence-corrected chi connectivity index (χ2v) is 7.48. The van der Waals surface area contributed by atoms with Crippen molar-refractivity contribution in [2.45, 2.75) is 37.9 Å². The number of nitrogens with zero attached hydrogens (tertiary/aromatic N) is 2. The van der Waals surface area contributed by atoms with Gasteiger partial charge in [0.05, 0.1) is 13.1 Å². The number of amides is 2. The van der Waals surface area contributed by atoms with Gasteiger partial charge in [0.25, 0.3) is 11.8 Å². The first kappa shape index (κ1) is 18.8. The van der Waals surface area contributed by atoms with E-state index in [0.717, 1.165) is 12.8 Å². The summed E-state index contributed by atoms with van der Waals surface area (Å²) in [4.78, 5) is 28.4. The predicted molar refractivity (Wildman–Crippen MR) is 94.3 cm³/mol. The minimum atomic E-state index is -0.911. The molecule has 0 aromatic heterocycles. The number of anilines is 1. The number of likely N-dealkylation sites (tertiary alicyclic amines) is 1. The van der Waals surface area contributed by atoms with E-state index in [1.807, 2.05) is 0 Å². The third kappa shape index (κ3) is 3.59. The van der Waals surface area contributed by atoms with Gasteiger partial charge in [0.15, 0.2) is 0 Å². The van der Waals surface area contributed by atoms with Gasteiger partial charge in [0.2, 0.25) is 0 Å². The van der Waals surface area contributed by atoms with Gasteiger partial charge < -0.3 is 19.3 Å². The molecule has 2 saturated heterocycles. The van der Waals surface area contributed by atoms with Gasteiger partial charge in [-0.15, -0.1) is 0 Å². The Hall–Kier alpha value is -1.99. The summed E-state index contributed by atoms with van der Waals surface area (Å²) in [5.74, 6) is -0.697. The van der Waals surface area contributed by atoms with Crippen molar-refractivity contribution in [2.75, 3.05) is 38.3 Å². The lowest BCUT2D eigenvalue weighted by Crippen LogP contribution is -2.63. The molecule has 0 bridgehead atoms. The third-order valence-corrected chi connectivity index (χ3v) is 5.22. The van der Waals surface area contributed by atoms with Crippen LogP contribution < -0.4 is 4.90 Å². The lowest BCUT2D eigenvalue weighted by Gasteiger charge is -2.48. The molecule has 1 spiro atoms. The van der Waals surface area contributed by atoms with Crippen molar-refractivity contribution in [1.29, 1.82) is 0 Å². The zero-order chi connectivity index (χ0) is 18.9. The van der Waals surface area contributed by atoms with E-state index < -0.39 is 17.0 Å². The maximum atomic E-state index is 13.6. The van der Waals surface area contributed by atoms with Crippen LogP contribution >= 0.6 is 0 Å². The molecule has 1 atom stereocenters. The number of rotatable bonds is 3. The Morgan fingerprint density at radius 1 is 1.35 bits per heavy atom. The molecule has 0 saturated carbocycles. The summed E-state index contributed by atoms with van der Waals surface area (Å²) < 4.78 is 24.8. The molecule has 2 aliphatic rings. The van der Waals surface area contributed by atoms with Crippen LogP contribution in [0.4, 0.5) is 10.1 Å². The highest BCUT2D eigenvalue weighted by atomic mass is 19.1. The molecular formula is C19H25FN2O4. The second-order valence-electron chi connectivity index (χ2n) is 7.48. The number of methoxy groups -OCH3 is 1. The van der Waals surface area contributed by atoms with Crippen LogP contribution in [-0.4, -0.2) is 61.3 Å². The fourth-order valence-electron chi connectivity index (χ4n) is 3.58. The zero-order valence-corrected chi connectivity index (χ0v) is 15.5. The minimum Gasteiger partial charge on any atom is -0.369 e. The van der Waals surface area contributed by atoms with E-state index in [-0.39, 0.29) is 18.4 Å². The van der Waals surface area contributed by atoms with Crippen LogP contribution in [0, 0.1) is 5.82 Å². The average molecular weight is 364 g/mol. The van der Waals surface area contributed by atoms with E-state index in [1.54, 1.807) is 35.8 Å². The van der Waals surface area contributed by atoms with Gasteiger partial charge >= 0.3 is 0 Å². The largest absolute Gasteiger partial charge is 0.369 e. The molecule has 1 unspecified atom stereocenters. The van der Waals surface area contributed by atoms with Crippen molar-refractivity contribution >= 4 is 17.5 Å². The number of hydrogen-bond acceptors (Lipinski definition) is 4. The van der Waals surface area contributed by atoms with Crippen molar-refractivity contribution in [3.8, 4) is 0 Å². The number of carbonyl (C=O) groups excluding carboxylic acids is 2. The number of ether oxygens (including phenoxy) is 2. The van der Waals surface area contributed by atoms with Crippen LogP contribution in [-0.2, 0) is 19.1 Å². The molecule has 0 radical (unpaired) electrons. The Bertz CT molecular complexity index is 709. The van der Waals surface area contributed by atoms with Gasteiger partial charge in [-0.25, -0.2) is 4.39 Å². The van der Waals surface area contributed by atoms with Crippen molar-refractivity contribution in [2.24, 2.45) is 0 Å². The summed E-state index contributed by atoms with van der Waals surface area (Å²) >= 11 is 0. The number of hydrogen-bond donors (Lipinski definition) is 0. The Balaban J connectivity index is 1.81. The smallest absolute Gasteiger partial charge is 0.254 e. The van der Waals surface area contributed by atoms with E-state index in [0.29, 0.717) is 25.3 Å². The maximum Gasteiger partial charge on any atom is 0.254 e. The molecule has 3 rings (SSSR count). The van der Waals surface area contributed by atoms with Gasteiger partial charge in [0.1, 0.15) is 23.6 Å². The standard InChI is InChI=1S/C19H25FN2O4/c1-18(2,25-3)17(24)21-9-5-8-19(12-21)13-22(16(23)11-26-19)15-7-4-6-14(20)10-15/h4,6-7,10H,5,8-9,11-13H2,1-3H3. The summed E-state index contributed by atoms with van der Waals surface area (Å²) in [7, 11) is 1.51. The van der Waals surface area contributed by atoms with E-state index in [2.05, 4.69) is 0 Å². The van der Waals surface area contributed by atoms with Crippen LogP contribution in [0.2, 0.25) is 0 Å². The highest BCUT2D eigenvalue weighted by Gasteiger charge is 2.46. The van der Waals surface area contributed by atoms with Crippen LogP contribution in [0.5, 0.6) is 0 Å². The van der Waals surface area contributed by atoms with Gasteiger partial charge in [-0.3, -0.25) is 9.59 Å². The molecule has 6 nitrogen and oxygen atoms in total. The highest BCUT2D eigenvalue weighted by molar-refractivity contribution is 5.95. The van der Waals surface area contributed by atoms with Gasteiger partial charge in [-0.1, -0.05) is 6.07 Å². The fourth-order valence-corrected chi connectivity index (χ4v) is 3.58. The van der Waals surface area contributed by atoms with Crippen molar-refractivity contribution in [3.05, 3.63) is 30.1 Å². The Kier molecular flexibility index (Phi) is 5.03. The average Bonchev–Trinajstić information content (AvgIpc) is 2.63. The zero-order valence-electron chi connectivity index (χ0n) is 15.5. The first-order chi connectivity index (χ1) is 12.3. The predicted octanol–water partition coefficient (Wildman–Crippen LogP) is 1.98. The third-order valence-electron chi connectivity index (χ3n) is 5.22. The number of piperidine rings is 1. The lowest BCUT2D eigenvalue weighted by atomic mass is 9.89. The summed E-state index contributed by atoms with van der Waals surface area (Å²) in [5.41, 5.74) is -1.04. The summed E-state index contributed by atoms with van der Waals surface area (Å²) in [6.45, 7) is 4.71. The van der Waals surface area contributed by atoms with E-state index in [9.17, 15) is 14.0 Å². The van der Waals surface area contributed by atoms with Gasteiger partial charge in [-0.05, 0) is 44.9 Å². The van der Waals surface area contributed by atoms with Crippen LogP contribution in [0.15, 0.2) is 24.3 Å². The Labute approximate surface area is 152 Å². The Morgan fingerprint density at radius 3 is 2.81 bits per heavy atom. The van der Waals surface area contributed by atoms with Crippen molar-refractivity contribution in [1.82, 2.24) is 4.90 Å². The molecule has 2 fully saturated rings.